The van der Waals surface area contributed by atoms with Gasteiger partial charge in [0.25, 0.3) is 0 Å². The number of hydrogen-bond acceptors (Lipinski definition) is 3. The zero-order chi connectivity index (χ0) is 11.5. The predicted octanol–water partition coefficient (Wildman–Crippen LogP) is 2.75. The first kappa shape index (κ1) is 10.7. The van der Waals surface area contributed by atoms with Crippen LogP contribution < -0.4 is 0 Å². The average Bonchev–Trinajstić information content (AvgIpc) is 2.29. The summed E-state index contributed by atoms with van der Waals surface area (Å²) in [6, 6.07) is 5.39. The van der Waals surface area contributed by atoms with Crippen LogP contribution in [0.5, 0.6) is 0 Å². The van der Waals surface area contributed by atoms with E-state index in [1.54, 1.807) is 0 Å². The van der Waals surface area contributed by atoms with E-state index in [2.05, 4.69) is 9.97 Å². The van der Waals surface area contributed by atoms with Crippen LogP contribution in [-0.4, -0.2) is 16.3 Å². The van der Waals surface area contributed by atoms with Crippen molar-refractivity contribution < 1.29 is 9.18 Å². The molecule has 16 heavy (non-hydrogen) atoms. The summed E-state index contributed by atoms with van der Waals surface area (Å²) in [6.45, 7) is 0. The molecule has 3 nitrogen and oxygen atoms in total. The van der Waals surface area contributed by atoms with Crippen molar-refractivity contribution in [1.82, 2.24) is 9.97 Å². The van der Waals surface area contributed by atoms with Gasteiger partial charge in [-0.2, -0.15) is 0 Å². The second-order valence-corrected chi connectivity index (χ2v) is 3.45. The Kier molecular flexibility index (Phi) is 2.92. The minimum atomic E-state index is -0.430. The van der Waals surface area contributed by atoms with Crippen molar-refractivity contribution in [2.75, 3.05) is 0 Å². The number of benzene rings is 1. The summed E-state index contributed by atoms with van der Waals surface area (Å²) in [5, 5.41) is 0.211. The highest BCUT2D eigenvalue weighted by molar-refractivity contribution is 6.33. The van der Waals surface area contributed by atoms with Crippen LogP contribution in [-0.2, 0) is 0 Å². The third-order valence-electron chi connectivity index (χ3n) is 1.97. The molecule has 0 spiro atoms. The maximum atomic E-state index is 12.8. The Morgan fingerprint density at radius 3 is 2.81 bits per heavy atom. The summed E-state index contributed by atoms with van der Waals surface area (Å²) in [5.41, 5.74) is 0.747. The van der Waals surface area contributed by atoms with Gasteiger partial charge in [-0.25, -0.2) is 14.4 Å². The average molecular weight is 237 g/mol. The molecule has 2 aromatic rings. The highest BCUT2D eigenvalue weighted by Gasteiger charge is 2.07. The Morgan fingerprint density at radius 1 is 1.31 bits per heavy atom. The van der Waals surface area contributed by atoms with Crippen molar-refractivity contribution in [3.63, 3.8) is 0 Å². The van der Waals surface area contributed by atoms with Gasteiger partial charge in [-0.05, 0) is 24.3 Å². The molecule has 0 aliphatic carbocycles. The minimum absolute atomic E-state index is 0.211. The van der Waals surface area contributed by atoms with Crippen molar-refractivity contribution in [2.24, 2.45) is 0 Å². The first-order chi connectivity index (χ1) is 7.70. The molecule has 80 valence electrons. The molecule has 0 amide bonds. The Hall–Kier alpha value is -1.81. The maximum absolute atomic E-state index is 12.8. The first-order valence-electron chi connectivity index (χ1n) is 4.44. The largest absolute Gasteiger partial charge is 0.296 e. The molecule has 0 bridgehead atoms. The van der Waals surface area contributed by atoms with Gasteiger partial charge in [-0.3, -0.25) is 4.79 Å². The standard InChI is InChI=1S/C11H6ClFN2O/c12-10-5-7(13)1-2-9(10)11-14-4-3-8(6-16)15-11/h1-6H. The fourth-order valence-electron chi connectivity index (χ4n) is 1.24. The lowest BCUT2D eigenvalue weighted by Crippen LogP contribution is -1.94. The zero-order valence-electron chi connectivity index (χ0n) is 8.02. The van der Waals surface area contributed by atoms with Crippen LogP contribution in [0.2, 0.25) is 5.02 Å². The zero-order valence-corrected chi connectivity index (χ0v) is 8.78. The Balaban J connectivity index is 2.53. The summed E-state index contributed by atoms with van der Waals surface area (Å²) >= 11 is 5.85. The number of aldehydes is 1. The van der Waals surface area contributed by atoms with E-state index in [0.29, 0.717) is 17.7 Å². The molecule has 1 aromatic carbocycles. The number of hydrogen-bond donors (Lipinski definition) is 0. The molecule has 0 atom stereocenters. The van der Waals surface area contributed by atoms with E-state index in [0.717, 1.165) is 0 Å². The predicted molar refractivity (Wildman–Crippen MR) is 57.8 cm³/mol. The van der Waals surface area contributed by atoms with Crippen LogP contribution in [0.4, 0.5) is 4.39 Å². The van der Waals surface area contributed by atoms with Crippen LogP contribution in [0.1, 0.15) is 10.5 Å². The van der Waals surface area contributed by atoms with Gasteiger partial charge in [0.15, 0.2) is 12.1 Å². The van der Waals surface area contributed by atoms with Gasteiger partial charge < -0.3 is 0 Å². The molecule has 0 saturated heterocycles. The topological polar surface area (TPSA) is 42.9 Å². The van der Waals surface area contributed by atoms with Gasteiger partial charge in [0.05, 0.1) is 5.02 Å². The lowest BCUT2D eigenvalue weighted by molar-refractivity contribution is 0.111. The Bertz CT molecular complexity index is 545. The van der Waals surface area contributed by atoms with Crippen molar-refractivity contribution >= 4 is 17.9 Å². The summed E-state index contributed by atoms with van der Waals surface area (Å²) < 4.78 is 12.8. The fraction of sp³-hybridized carbons (Fsp3) is 0. The van der Waals surface area contributed by atoms with Gasteiger partial charge in [-0.15, -0.1) is 0 Å². The van der Waals surface area contributed by atoms with Crippen molar-refractivity contribution in [3.8, 4) is 11.4 Å². The maximum Gasteiger partial charge on any atom is 0.168 e. The van der Waals surface area contributed by atoms with E-state index < -0.39 is 5.82 Å². The minimum Gasteiger partial charge on any atom is -0.296 e. The fourth-order valence-corrected chi connectivity index (χ4v) is 1.49. The quantitative estimate of drug-likeness (QED) is 0.753. The number of aromatic nitrogens is 2. The molecule has 0 saturated carbocycles. The molecule has 2 rings (SSSR count). The molecule has 0 fully saturated rings. The van der Waals surface area contributed by atoms with Gasteiger partial charge >= 0.3 is 0 Å². The highest BCUT2D eigenvalue weighted by Crippen LogP contribution is 2.25. The lowest BCUT2D eigenvalue weighted by Gasteiger charge is -2.02. The summed E-state index contributed by atoms with van der Waals surface area (Å²) in [6.07, 6.45) is 2.06. The number of rotatable bonds is 2. The smallest absolute Gasteiger partial charge is 0.168 e. The van der Waals surface area contributed by atoms with E-state index in [1.165, 1.54) is 30.5 Å². The SMILES string of the molecule is O=Cc1ccnc(-c2ccc(F)cc2Cl)n1. The molecule has 0 radical (unpaired) electrons. The number of carbonyl (C=O) groups excluding carboxylic acids is 1. The number of halogens is 2. The monoisotopic (exact) mass is 236 g/mol. The molecule has 0 N–H and O–H groups in total. The molecule has 1 heterocycles. The summed E-state index contributed by atoms with van der Waals surface area (Å²) in [5.74, 6) is -0.130. The third kappa shape index (κ3) is 2.06. The Labute approximate surface area is 95.9 Å². The first-order valence-corrected chi connectivity index (χ1v) is 4.82. The summed E-state index contributed by atoms with van der Waals surface area (Å²) in [4.78, 5) is 18.5. The molecule has 0 unspecified atom stereocenters. The molecular formula is C11H6ClFN2O. The number of nitrogens with zero attached hydrogens (tertiary/aromatic N) is 2. The van der Waals surface area contributed by atoms with E-state index in [9.17, 15) is 9.18 Å². The van der Waals surface area contributed by atoms with Crippen LogP contribution >= 0.6 is 11.6 Å². The van der Waals surface area contributed by atoms with Gasteiger partial charge in [0.1, 0.15) is 11.5 Å². The number of carbonyl (C=O) groups is 1. The van der Waals surface area contributed by atoms with Crippen molar-refractivity contribution in [1.29, 1.82) is 0 Å². The normalized spacial score (nSPS) is 10.1. The van der Waals surface area contributed by atoms with Gasteiger partial charge in [0, 0.05) is 11.8 Å². The van der Waals surface area contributed by atoms with Crippen LogP contribution in [0.25, 0.3) is 11.4 Å². The van der Waals surface area contributed by atoms with Gasteiger partial charge in [0.2, 0.25) is 0 Å². The van der Waals surface area contributed by atoms with E-state index >= 15 is 0 Å². The Morgan fingerprint density at radius 2 is 2.12 bits per heavy atom. The second-order valence-electron chi connectivity index (χ2n) is 3.05. The lowest BCUT2D eigenvalue weighted by atomic mass is 10.2. The van der Waals surface area contributed by atoms with Crippen LogP contribution in [0, 0.1) is 5.82 Å². The molecule has 0 aliphatic heterocycles. The van der Waals surface area contributed by atoms with Crippen LogP contribution in [0.15, 0.2) is 30.5 Å². The highest BCUT2D eigenvalue weighted by atomic mass is 35.5. The van der Waals surface area contributed by atoms with Crippen LogP contribution in [0.3, 0.4) is 0 Å². The van der Waals surface area contributed by atoms with Crippen molar-refractivity contribution in [2.45, 2.75) is 0 Å². The molecule has 5 heteroatoms. The molecule has 1 aromatic heterocycles. The van der Waals surface area contributed by atoms with Gasteiger partial charge in [-0.1, -0.05) is 11.6 Å². The van der Waals surface area contributed by atoms with E-state index in [1.807, 2.05) is 0 Å². The summed E-state index contributed by atoms with van der Waals surface area (Å²) in [7, 11) is 0. The third-order valence-corrected chi connectivity index (χ3v) is 2.28. The second kappa shape index (κ2) is 4.37. The van der Waals surface area contributed by atoms with E-state index in [-0.39, 0.29) is 10.7 Å². The van der Waals surface area contributed by atoms with Crippen molar-refractivity contribution in [3.05, 3.63) is 47.0 Å². The van der Waals surface area contributed by atoms with E-state index in [4.69, 9.17) is 11.6 Å². The molecular weight excluding hydrogens is 231 g/mol. The molecule has 0 aliphatic rings.